The topological polar surface area (TPSA) is 12.9 Å². The maximum absolute atomic E-state index is 5.83. The molecular formula is C9H9Cl2N. The second-order valence-electron chi connectivity index (χ2n) is 2.45. The molecule has 0 fully saturated rings. The van der Waals surface area contributed by atoms with Gasteiger partial charge in [0.15, 0.2) is 0 Å². The van der Waals surface area contributed by atoms with Crippen LogP contribution in [0.4, 0.5) is 0 Å². The molecule has 0 bridgehead atoms. The summed E-state index contributed by atoms with van der Waals surface area (Å²) in [6, 6.07) is 1.97. The van der Waals surface area contributed by atoms with E-state index in [-0.39, 0.29) is 0 Å². The first kappa shape index (κ1) is 9.56. The van der Waals surface area contributed by atoms with E-state index in [1.165, 1.54) is 0 Å². The fraction of sp³-hybridized carbons (Fsp3) is 0.222. The number of hydrogen-bond acceptors (Lipinski definition) is 1. The first-order valence-corrected chi connectivity index (χ1v) is 4.50. The highest BCUT2D eigenvalue weighted by atomic mass is 35.5. The average Bonchev–Trinajstić information content (AvgIpc) is 2.07. The van der Waals surface area contributed by atoms with Crippen molar-refractivity contribution in [2.75, 3.05) is 5.88 Å². The molecule has 0 aliphatic rings. The summed E-state index contributed by atoms with van der Waals surface area (Å²) in [5.74, 6) is 0.490. The van der Waals surface area contributed by atoms with E-state index in [0.29, 0.717) is 11.0 Å². The lowest BCUT2D eigenvalue weighted by Gasteiger charge is -1.97. The van der Waals surface area contributed by atoms with Crippen molar-refractivity contribution in [2.24, 2.45) is 0 Å². The monoisotopic (exact) mass is 201 g/mol. The molecule has 0 amide bonds. The van der Waals surface area contributed by atoms with E-state index in [9.17, 15) is 0 Å². The van der Waals surface area contributed by atoms with Gasteiger partial charge in [0.25, 0.3) is 0 Å². The van der Waals surface area contributed by atoms with E-state index < -0.39 is 0 Å². The number of aryl methyl sites for hydroxylation is 1. The van der Waals surface area contributed by atoms with Crippen LogP contribution in [0.5, 0.6) is 0 Å². The predicted molar refractivity (Wildman–Crippen MR) is 53.7 cm³/mol. The van der Waals surface area contributed by atoms with Gasteiger partial charge in [0.1, 0.15) is 5.15 Å². The number of aromatic nitrogens is 1. The summed E-state index contributed by atoms with van der Waals surface area (Å²) in [7, 11) is 0. The van der Waals surface area contributed by atoms with Crippen molar-refractivity contribution in [3.63, 3.8) is 0 Å². The molecule has 1 heterocycles. The normalized spacial score (nSPS) is 10.9. The van der Waals surface area contributed by atoms with Crippen LogP contribution in [0.1, 0.15) is 11.1 Å². The predicted octanol–water partition coefficient (Wildman–Crippen LogP) is 3.30. The second-order valence-corrected chi connectivity index (χ2v) is 3.12. The Hall–Kier alpha value is -0.530. The van der Waals surface area contributed by atoms with Crippen LogP contribution in [-0.4, -0.2) is 10.9 Å². The Morgan fingerprint density at radius 2 is 2.33 bits per heavy atom. The lowest BCUT2D eigenvalue weighted by Crippen LogP contribution is -1.83. The summed E-state index contributed by atoms with van der Waals surface area (Å²) in [6.07, 6.45) is 5.44. The lowest BCUT2D eigenvalue weighted by atomic mass is 10.2. The quantitative estimate of drug-likeness (QED) is 0.529. The van der Waals surface area contributed by atoms with Crippen molar-refractivity contribution in [3.8, 4) is 0 Å². The summed E-state index contributed by atoms with van der Waals surface area (Å²) in [4.78, 5) is 4.00. The Bertz CT molecular complexity index is 295. The molecule has 0 radical (unpaired) electrons. The van der Waals surface area contributed by atoms with E-state index in [1.807, 2.05) is 25.1 Å². The van der Waals surface area contributed by atoms with Crippen molar-refractivity contribution in [1.29, 1.82) is 0 Å². The highest BCUT2D eigenvalue weighted by Gasteiger charge is 1.96. The minimum atomic E-state index is 0.490. The largest absolute Gasteiger partial charge is 0.244 e. The first-order chi connectivity index (χ1) is 5.74. The van der Waals surface area contributed by atoms with Gasteiger partial charge in [-0.25, -0.2) is 4.98 Å². The Labute approximate surface area is 82.0 Å². The van der Waals surface area contributed by atoms with Crippen LogP contribution in [0, 0.1) is 6.92 Å². The molecule has 0 aliphatic heterocycles. The van der Waals surface area contributed by atoms with E-state index in [2.05, 4.69) is 4.98 Å². The number of halogens is 2. The van der Waals surface area contributed by atoms with Gasteiger partial charge >= 0.3 is 0 Å². The van der Waals surface area contributed by atoms with E-state index >= 15 is 0 Å². The van der Waals surface area contributed by atoms with Crippen molar-refractivity contribution in [3.05, 3.63) is 34.6 Å². The van der Waals surface area contributed by atoms with Crippen LogP contribution in [0.25, 0.3) is 6.08 Å². The average molecular weight is 202 g/mol. The van der Waals surface area contributed by atoms with E-state index in [0.717, 1.165) is 11.1 Å². The Balaban J connectivity index is 2.97. The molecule has 0 atom stereocenters. The van der Waals surface area contributed by atoms with Crippen LogP contribution >= 0.6 is 23.2 Å². The summed E-state index contributed by atoms with van der Waals surface area (Å²) in [5.41, 5.74) is 2.01. The van der Waals surface area contributed by atoms with Gasteiger partial charge in [-0.3, -0.25) is 0 Å². The fourth-order valence-electron chi connectivity index (χ4n) is 0.864. The van der Waals surface area contributed by atoms with Gasteiger partial charge in [0, 0.05) is 17.6 Å². The summed E-state index contributed by atoms with van der Waals surface area (Å²) < 4.78 is 0. The molecule has 0 saturated carbocycles. The Kier molecular flexibility index (Phi) is 3.57. The van der Waals surface area contributed by atoms with Crippen molar-refractivity contribution < 1.29 is 0 Å². The zero-order valence-corrected chi connectivity index (χ0v) is 8.23. The number of pyridine rings is 1. The number of alkyl halides is 1. The maximum Gasteiger partial charge on any atom is 0.136 e. The number of hydrogen-bond donors (Lipinski definition) is 0. The third-order valence-corrected chi connectivity index (χ3v) is 1.88. The van der Waals surface area contributed by atoms with Crippen LogP contribution in [0.15, 0.2) is 18.3 Å². The zero-order valence-electron chi connectivity index (χ0n) is 6.72. The molecule has 1 nitrogen and oxygen atoms in total. The molecule has 0 aromatic carbocycles. The Morgan fingerprint density at radius 1 is 1.58 bits per heavy atom. The third kappa shape index (κ3) is 2.50. The molecule has 1 aromatic rings. The van der Waals surface area contributed by atoms with Crippen molar-refractivity contribution in [2.45, 2.75) is 6.92 Å². The molecule has 0 N–H and O–H groups in total. The summed E-state index contributed by atoms with van der Waals surface area (Å²) >= 11 is 11.3. The van der Waals surface area contributed by atoms with Crippen LogP contribution in [0.3, 0.4) is 0 Å². The zero-order chi connectivity index (χ0) is 8.97. The lowest BCUT2D eigenvalue weighted by molar-refractivity contribution is 1.26. The van der Waals surface area contributed by atoms with Crippen LogP contribution < -0.4 is 0 Å². The molecule has 0 aliphatic carbocycles. The summed E-state index contributed by atoms with van der Waals surface area (Å²) in [6.45, 7) is 1.97. The molecule has 12 heavy (non-hydrogen) atoms. The van der Waals surface area contributed by atoms with Gasteiger partial charge in [-0.05, 0) is 18.6 Å². The number of nitrogens with zero attached hydrogens (tertiary/aromatic N) is 1. The molecule has 3 heteroatoms. The third-order valence-electron chi connectivity index (χ3n) is 1.39. The van der Waals surface area contributed by atoms with Crippen LogP contribution in [-0.2, 0) is 0 Å². The van der Waals surface area contributed by atoms with Gasteiger partial charge in [-0.15, -0.1) is 11.6 Å². The Morgan fingerprint density at radius 3 is 3.00 bits per heavy atom. The highest BCUT2D eigenvalue weighted by Crippen LogP contribution is 2.15. The SMILES string of the molecule is Cc1cnc(Cl)c(C=CCCl)c1. The van der Waals surface area contributed by atoms with Gasteiger partial charge in [-0.1, -0.05) is 23.8 Å². The smallest absolute Gasteiger partial charge is 0.136 e. The molecular weight excluding hydrogens is 193 g/mol. The fourth-order valence-corrected chi connectivity index (χ4v) is 1.12. The maximum atomic E-state index is 5.83. The molecule has 0 unspecified atom stereocenters. The molecule has 1 aromatic heterocycles. The minimum Gasteiger partial charge on any atom is -0.244 e. The van der Waals surface area contributed by atoms with Gasteiger partial charge in [-0.2, -0.15) is 0 Å². The van der Waals surface area contributed by atoms with Gasteiger partial charge in [0.05, 0.1) is 0 Å². The number of rotatable bonds is 2. The van der Waals surface area contributed by atoms with Gasteiger partial charge in [0.2, 0.25) is 0 Å². The standard InChI is InChI=1S/C9H9Cl2N/c1-7-5-8(3-2-4-10)9(11)12-6-7/h2-3,5-6H,4H2,1H3. The minimum absolute atomic E-state index is 0.490. The molecule has 0 spiro atoms. The van der Waals surface area contributed by atoms with E-state index in [1.54, 1.807) is 6.20 Å². The molecule has 0 saturated heterocycles. The van der Waals surface area contributed by atoms with Crippen molar-refractivity contribution in [1.82, 2.24) is 4.98 Å². The molecule has 1 rings (SSSR count). The van der Waals surface area contributed by atoms with Crippen molar-refractivity contribution >= 4 is 29.3 Å². The highest BCUT2D eigenvalue weighted by molar-refractivity contribution is 6.30. The number of allylic oxidation sites excluding steroid dienone is 1. The van der Waals surface area contributed by atoms with Crippen LogP contribution in [0.2, 0.25) is 5.15 Å². The van der Waals surface area contributed by atoms with Gasteiger partial charge < -0.3 is 0 Å². The summed E-state index contributed by atoms with van der Waals surface area (Å²) in [5, 5.41) is 0.516. The first-order valence-electron chi connectivity index (χ1n) is 3.58. The van der Waals surface area contributed by atoms with E-state index in [4.69, 9.17) is 23.2 Å². The molecule has 64 valence electrons. The second kappa shape index (κ2) is 4.48.